The average Bonchev–Trinajstić information content (AvgIpc) is 3.04. The van der Waals surface area contributed by atoms with Crippen LogP contribution in [-0.4, -0.2) is 14.8 Å². The van der Waals surface area contributed by atoms with E-state index in [0.29, 0.717) is 0 Å². The number of allylic oxidation sites excluding steroid dienone is 1. The van der Waals surface area contributed by atoms with Crippen LogP contribution in [0.4, 0.5) is 5.95 Å². The van der Waals surface area contributed by atoms with E-state index in [2.05, 4.69) is 49.5 Å². The molecule has 1 aliphatic rings. The highest BCUT2D eigenvalue weighted by atomic mass is 79.9. The lowest BCUT2D eigenvalue weighted by Crippen LogP contribution is -2.20. The van der Waals surface area contributed by atoms with E-state index in [0.717, 1.165) is 32.3 Å². The lowest BCUT2D eigenvalue weighted by Gasteiger charge is -2.24. The van der Waals surface area contributed by atoms with Gasteiger partial charge in [-0.15, -0.1) is 0 Å². The molecule has 23 heavy (non-hydrogen) atoms. The largest absolute Gasteiger partial charge is 0.324 e. The highest BCUT2D eigenvalue weighted by Gasteiger charge is 2.23. The predicted octanol–water partition coefficient (Wildman–Crippen LogP) is 4.75. The van der Waals surface area contributed by atoms with Crippen LogP contribution in [0.2, 0.25) is 5.02 Å². The fourth-order valence-corrected chi connectivity index (χ4v) is 3.02. The highest BCUT2D eigenvalue weighted by molar-refractivity contribution is 9.10. The first kappa shape index (κ1) is 14.5. The summed E-state index contributed by atoms with van der Waals surface area (Å²) >= 11 is 9.46. The summed E-state index contributed by atoms with van der Waals surface area (Å²) in [5.74, 6) is 0.727. The first-order valence-electron chi connectivity index (χ1n) is 7.10. The number of hydrogen-bond donors (Lipinski definition) is 1. The number of fused-ring (bicyclic) bond motifs is 1. The maximum atomic E-state index is 5.98. The van der Waals surface area contributed by atoms with Crippen molar-refractivity contribution in [1.82, 2.24) is 14.8 Å². The molecule has 4 nitrogen and oxygen atoms in total. The van der Waals surface area contributed by atoms with Crippen LogP contribution in [0, 0.1) is 0 Å². The lowest BCUT2D eigenvalue weighted by molar-refractivity contribution is 0.612. The third kappa shape index (κ3) is 2.78. The van der Waals surface area contributed by atoms with Gasteiger partial charge in [0.15, 0.2) is 0 Å². The van der Waals surface area contributed by atoms with Gasteiger partial charge in [0.05, 0.1) is 0 Å². The van der Waals surface area contributed by atoms with Crippen molar-refractivity contribution in [2.75, 3.05) is 5.32 Å². The maximum absolute atomic E-state index is 5.98. The Kier molecular flexibility index (Phi) is 3.67. The molecular weight excluding hydrogens is 376 g/mol. The molecule has 1 atom stereocenters. The number of nitrogens with zero attached hydrogens (tertiary/aromatic N) is 3. The van der Waals surface area contributed by atoms with Gasteiger partial charge in [-0.2, -0.15) is 10.1 Å². The average molecular weight is 388 g/mol. The van der Waals surface area contributed by atoms with Gasteiger partial charge in [-0.25, -0.2) is 4.68 Å². The van der Waals surface area contributed by atoms with E-state index in [1.54, 1.807) is 6.33 Å². The molecule has 0 saturated carbocycles. The van der Waals surface area contributed by atoms with Crippen LogP contribution in [0.5, 0.6) is 0 Å². The number of aromatic nitrogens is 3. The molecular formula is C17H12BrClN4. The SMILES string of the molecule is Clc1ccc(C2=C[C@@H](c3ccc(Br)cc3)n3ncnc3N2)cc1. The number of halogens is 2. The second-order valence-electron chi connectivity index (χ2n) is 5.24. The van der Waals surface area contributed by atoms with Gasteiger partial charge in [0.1, 0.15) is 12.4 Å². The van der Waals surface area contributed by atoms with E-state index >= 15 is 0 Å². The molecule has 0 fully saturated rings. The summed E-state index contributed by atoms with van der Waals surface area (Å²) in [6.07, 6.45) is 3.71. The second-order valence-corrected chi connectivity index (χ2v) is 6.59. The predicted molar refractivity (Wildman–Crippen MR) is 95.4 cm³/mol. The van der Waals surface area contributed by atoms with Gasteiger partial charge in [0.2, 0.25) is 5.95 Å². The Morgan fingerprint density at radius 1 is 1.04 bits per heavy atom. The topological polar surface area (TPSA) is 42.7 Å². The van der Waals surface area contributed by atoms with Crippen LogP contribution in [0.3, 0.4) is 0 Å². The molecule has 1 aromatic heterocycles. The molecule has 4 rings (SSSR count). The van der Waals surface area contributed by atoms with Crippen molar-refractivity contribution in [1.29, 1.82) is 0 Å². The van der Waals surface area contributed by atoms with Gasteiger partial charge in [-0.05, 0) is 41.5 Å². The van der Waals surface area contributed by atoms with Crippen LogP contribution >= 0.6 is 27.5 Å². The molecule has 0 amide bonds. The maximum Gasteiger partial charge on any atom is 0.226 e. The van der Waals surface area contributed by atoms with Crippen molar-refractivity contribution < 1.29 is 0 Å². The van der Waals surface area contributed by atoms with Gasteiger partial charge in [0.25, 0.3) is 0 Å². The summed E-state index contributed by atoms with van der Waals surface area (Å²) < 4.78 is 2.93. The molecule has 114 valence electrons. The quantitative estimate of drug-likeness (QED) is 0.690. The van der Waals surface area contributed by atoms with Crippen LogP contribution in [0.15, 0.2) is 65.4 Å². The zero-order valence-electron chi connectivity index (χ0n) is 11.9. The Morgan fingerprint density at radius 3 is 2.52 bits per heavy atom. The Morgan fingerprint density at radius 2 is 1.78 bits per heavy atom. The first-order valence-corrected chi connectivity index (χ1v) is 8.27. The zero-order chi connectivity index (χ0) is 15.8. The van der Waals surface area contributed by atoms with E-state index in [1.807, 2.05) is 41.1 Å². The van der Waals surface area contributed by atoms with Gasteiger partial charge in [-0.3, -0.25) is 0 Å². The van der Waals surface area contributed by atoms with Crippen molar-refractivity contribution in [3.63, 3.8) is 0 Å². The molecule has 2 aromatic carbocycles. The van der Waals surface area contributed by atoms with E-state index < -0.39 is 0 Å². The Hall–Kier alpha value is -2.11. The molecule has 0 unspecified atom stereocenters. The van der Waals surface area contributed by atoms with E-state index in [4.69, 9.17) is 11.6 Å². The Labute approximate surface area is 146 Å². The normalized spacial score (nSPS) is 16.4. The summed E-state index contributed by atoms with van der Waals surface area (Å²) in [6, 6.07) is 16.0. The standard InChI is InChI=1S/C17H12BrClN4/c18-13-5-1-12(2-6-13)16-9-15(11-3-7-14(19)8-4-11)22-17-20-10-21-23(16)17/h1-10,16H,(H,20,21,22)/t16-/m0/s1. The zero-order valence-corrected chi connectivity index (χ0v) is 14.3. The smallest absolute Gasteiger partial charge is 0.226 e. The Bertz CT molecular complexity index is 868. The van der Waals surface area contributed by atoms with Crippen molar-refractivity contribution in [3.05, 3.63) is 81.6 Å². The van der Waals surface area contributed by atoms with E-state index in [-0.39, 0.29) is 6.04 Å². The first-order chi connectivity index (χ1) is 11.2. The summed E-state index contributed by atoms with van der Waals surface area (Å²) in [4.78, 5) is 4.31. The molecule has 6 heteroatoms. The van der Waals surface area contributed by atoms with Gasteiger partial charge in [-0.1, -0.05) is 51.8 Å². The van der Waals surface area contributed by atoms with Crippen molar-refractivity contribution >= 4 is 39.2 Å². The van der Waals surface area contributed by atoms with E-state index in [1.165, 1.54) is 0 Å². The second kappa shape index (κ2) is 5.83. The molecule has 0 bridgehead atoms. The van der Waals surface area contributed by atoms with Crippen molar-refractivity contribution in [2.24, 2.45) is 0 Å². The summed E-state index contributed by atoms with van der Waals surface area (Å²) in [7, 11) is 0. The highest BCUT2D eigenvalue weighted by Crippen LogP contribution is 2.32. The summed E-state index contributed by atoms with van der Waals surface area (Å²) in [5, 5.41) is 8.39. The Balaban J connectivity index is 1.79. The fourth-order valence-electron chi connectivity index (χ4n) is 2.63. The number of anilines is 1. The minimum Gasteiger partial charge on any atom is -0.324 e. The molecule has 2 heterocycles. The third-order valence-electron chi connectivity index (χ3n) is 3.77. The molecule has 1 N–H and O–H groups in total. The summed E-state index contributed by atoms with van der Waals surface area (Å²) in [5.41, 5.74) is 3.20. The summed E-state index contributed by atoms with van der Waals surface area (Å²) in [6.45, 7) is 0. The van der Waals surface area contributed by atoms with Crippen LogP contribution in [0.25, 0.3) is 5.70 Å². The van der Waals surface area contributed by atoms with Crippen LogP contribution in [-0.2, 0) is 0 Å². The van der Waals surface area contributed by atoms with Crippen molar-refractivity contribution in [2.45, 2.75) is 6.04 Å². The van der Waals surface area contributed by atoms with Crippen LogP contribution < -0.4 is 5.32 Å². The minimum absolute atomic E-state index is 0.00692. The molecule has 0 aliphatic carbocycles. The molecule has 0 spiro atoms. The van der Waals surface area contributed by atoms with Crippen molar-refractivity contribution in [3.8, 4) is 0 Å². The molecule has 3 aromatic rings. The van der Waals surface area contributed by atoms with Crippen LogP contribution in [0.1, 0.15) is 17.2 Å². The lowest BCUT2D eigenvalue weighted by atomic mass is 10.0. The number of benzene rings is 2. The van der Waals surface area contributed by atoms with Gasteiger partial charge >= 0.3 is 0 Å². The molecule has 0 saturated heterocycles. The fraction of sp³-hybridized carbons (Fsp3) is 0.0588. The molecule has 0 radical (unpaired) electrons. The minimum atomic E-state index is -0.00692. The van der Waals surface area contributed by atoms with E-state index in [9.17, 15) is 0 Å². The van der Waals surface area contributed by atoms with Gasteiger partial charge < -0.3 is 5.32 Å². The number of rotatable bonds is 2. The van der Waals surface area contributed by atoms with Gasteiger partial charge in [0, 0.05) is 15.2 Å². The number of nitrogens with one attached hydrogen (secondary N) is 1. The monoisotopic (exact) mass is 386 g/mol. The third-order valence-corrected chi connectivity index (χ3v) is 4.55. The molecule has 1 aliphatic heterocycles. The number of hydrogen-bond acceptors (Lipinski definition) is 3.